The van der Waals surface area contributed by atoms with Crippen molar-refractivity contribution in [2.24, 2.45) is 0 Å². The fraction of sp³-hybridized carbons (Fsp3) is 0.700. The zero-order valence-corrected chi connectivity index (χ0v) is 9.23. The minimum Gasteiger partial charge on any atom is -0.462 e. The number of hydrogen-bond acceptors (Lipinski definition) is 6. The van der Waals surface area contributed by atoms with Crippen LogP contribution in [-0.2, 0) is 28.6 Å². The predicted octanol–water partition coefficient (Wildman–Crippen LogP) is 0.187. The lowest BCUT2D eigenvalue weighted by Crippen LogP contribution is -2.39. The Balaban J connectivity index is 2.36. The minimum atomic E-state index is -0.828. The van der Waals surface area contributed by atoms with Gasteiger partial charge in [0.05, 0.1) is 0 Å². The van der Waals surface area contributed by atoms with Crippen LogP contribution >= 0.6 is 0 Å². The van der Waals surface area contributed by atoms with Gasteiger partial charge in [0.15, 0.2) is 6.10 Å². The van der Waals surface area contributed by atoms with Gasteiger partial charge in [-0.3, -0.25) is 9.59 Å². The van der Waals surface area contributed by atoms with Crippen molar-refractivity contribution in [3.05, 3.63) is 0 Å². The van der Waals surface area contributed by atoms with Crippen LogP contribution < -0.4 is 0 Å². The molecule has 2 atom stereocenters. The Morgan fingerprint density at radius 2 is 2.00 bits per heavy atom. The van der Waals surface area contributed by atoms with Crippen molar-refractivity contribution in [1.82, 2.24) is 0 Å². The summed E-state index contributed by atoms with van der Waals surface area (Å²) in [7, 11) is 0. The molecule has 0 spiro atoms. The second-order valence-electron chi connectivity index (χ2n) is 3.54. The van der Waals surface area contributed by atoms with E-state index in [0.29, 0.717) is 12.8 Å². The molecule has 0 aromatic rings. The van der Waals surface area contributed by atoms with Crippen LogP contribution in [0.15, 0.2) is 0 Å². The van der Waals surface area contributed by atoms with E-state index in [9.17, 15) is 14.4 Å². The molecule has 1 aliphatic heterocycles. The molecular weight excluding hydrogens is 216 g/mol. The normalized spacial score (nSPS) is 24.5. The second-order valence-corrected chi connectivity index (χ2v) is 3.54. The van der Waals surface area contributed by atoms with E-state index in [1.807, 2.05) is 0 Å². The zero-order valence-electron chi connectivity index (χ0n) is 9.23. The fourth-order valence-corrected chi connectivity index (χ4v) is 1.39. The number of hydrogen-bond donors (Lipinski definition) is 0. The van der Waals surface area contributed by atoms with Crippen molar-refractivity contribution in [1.29, 1.82) is 0 Å². The van der Waals surface area contributed by atoms with Gasteiger partial charge in [-0.1, -0.05) is 0 Å². The highest BCUT2D eigenvalue weighted by Crippen LogP contribution is 2.18. The summed E-state index contributed by atoms with van der Waals surface area (Å²) in [5.41, 5.74) is 0. The topological polar surface area (TPSA) is 78.9 Å². The van der Waals surface area contributed by atoms with Crippen molar-refractivity contribution in [3.8, 4) is 0 Å². The van der Waals surface area contributed by atoms with E-state index >= 15 is 0 Å². The lowest BCUT2D eigenvalue weighted by Gasteiger charge is -2.27. The van der Waals surface area contributed by atoms with E-state index in [-0.39, 0.29) is 6.61 Å². The van der Waals surface area contributed by atoms with Gasteiger partial charge in [-0.25, -0.2) is 4.79 Å². The van der Waals surface area contributed by atoms with Crippen LogP contribution in [0.5, 0.6) is 0 Å². The van der Waals surface area contributed by atoms with E-state index < -0.39 is 30.1 Å². The highest BCUT2D eigenvalue weighted by molar-refractivity contribution is 5.79. The van der Waals surface area contributed by atoms with Crippen LogP contribution in [0.4, 0.5) is 0 Å². The molecule has 1 fully saturated rings. The summed E-state index contributed by atoms with van der Waals surface area (Å²) in [6.07, 6.45) is -0.365. The van der Waals surface area contributed by atoms with Crippen LogP contribution in [0, 0.1) is 0 Å². The van der Waals surface area contributed by atoms with Crippen LogP contribution in [0.25, 0.3) is 0 Å². The molecule has 1 saturated heterocycles. The largest absolute Gasteiger partial charge is 0.462 e. The fourth-order valence-electron chi connectivity index (χ4n) is 1.39. The lowest BCUT2D eigenvalue weighted by atomic mass is 10.1. The van der Waals surface area contributed by atoms with Gasteiger partial charge in [-0.2, -0.15) is 0 Å². The summed E-state index contributed by atoms with van der Waals surface area (Å²) in [4.78, 5) is 32.5. The van der Waals surface area contributed by atoms with Gasteiger partial charge in [-0.05, 0) is 12.8 Å². The van der Waals surface area contributed by atoms with Crippen molar-refractivity contribution in [2.75, 3.05) is 6.61 Å². The molecule has 6 heteroatoms. The van der Waals surface area contributed by atoms with E-state index in [4.69, 9.17) is 14.2 Å². The molecule has 0 unspecified atom stereocenters. The molecular formula is C10H14O6. The highest BCUT2D eigenvalue weighted by Gasteiger charge is 2.32. The standard InChI is InChI=1S/C10H14O6/c1-6(11)14-5-8-3-4-9(10(13)16-8)15-7(2)12/h8-9H,3-5H2,1-2H3/t8-,9-/m0/s1. The molecule has 6 nitrogen and oxygen atoms in total. The third kappa shape index (κ3) is 3.88. The number of cyclic esters (lactones) is 1. The molecule has 0 N–H and O–H groups in total. The Kier molecular flexibility index (Phi) is 4.28. The molecule has 0 aliphatic carbocycles. The molecule has 0 bridgehead atoms. The summed E-state index contributed by atoms with van der Waals surface area (Å²) in [5, 5.41) is 0. The number of ether oxygens (including phenoxy) is 3. The minimum absolute atomic E-state index is 0.0495. The molecule has 0 amide bonds. The lowest BCUT2D eigenvalue weighted by molar-refractivity contribution is -0.181. The van der Waals surface area contributed by atoms with Gasteiger partial charge in [0, 0.05) is 13.8 Å². The van der Waals surface area contributed by atoms with E-state index in [1.165, 1.54) is 13.8 Å². The molecule has 1 heterocycles. The van der Waals surface area contributed by atoms with Crippen LogP contribution in [0.3, 0.4) is 0 Å². The zero-order chi connectivity index (χ0) is 12.1. The molecule has 1 aliphatic rings. The average Bonchev–Trinajstić information content (AvgIpc) is 2.18. The van der Waals surface area contributed by atoms with Crippen molar-refractivity contribution >= 4 is 17.9 Å². The van der Waals surface area contributed by atoms with E-state index in [1.54, 1.807) is 0 Å². The third-order valence-electron chi connectivity index (χ3n) is 2.08. The summed E-state index contributed by atoms with van der Waals surface area (Å²) in [6.45, 7) is 2.57. The maximum absolute atomic E-state index is 11.3. The average molecular weight is 230 g/mol. The number of rotatable bonds is 3. The summed E-state index contributed by atoms with van der Waals surface area (Å²) >= 11 is 0. The number of carbonyl (C=O) groups excluding carboxylic acids is 3. The van der Waals surface area contributed by atoms with Crippen molar-refractivity contribution in [3.63, 3.8) is 0 Å². The monoisotopic (exact) mass is 230 g/mol. The van der Waals surface area contributed by atoms with Crippen molar-refractivity contribution in [2.45, 2.75) is 38.9 Å². The van der Waals surface area contributed by atoms with Gasteiger partial charge in [-0.15, -0.1) is 0 Å². The summed E-state index contributed by atoms with van der Waals surface area (Å²) < 4.78 is 14.4. The Bertz CT molecular complexity index is 298. The first-order valence-corrected chi connectivity index (χ1v) is 5.00. The molecule has 0 radical (unpaired) electrons. The Morgan fingerprint density at radius 1 is 1.31 bits per heavy atom. The number of esters is 3. The third-order valence-corrected chi connectivity index (χ3v) is 2.08. The maximum atomic E-state index is 11.3. The van der Waals surface area contributed by atoms with Gasteiger partial charge in [0.25, 0.3) is 0 Å². The second kappa shape index (κ2) is 5.48. The number of carbonyl (C=O) groups is 3. The molecule has 0 aromatic carbocycles. The molecule has 1 rings (SSSR count). The quantitative estimate of drug-likeness (QED) is 0.508. The summed E-state index contributed by atoms with van der Waals surface area (Å²) in [6, 6.07) is 0. The van der Waals surface area contributed by atoms with Gasteiger partial charge in [0.1, 0.15) is 12.7 Å². The van der Waals surface area contributed by atoms with Crippen molar-refractivity contribution < 1.29 is 28.6 Å². The SMILES string of the molecule is CC(=O)OC[C@@H]1CC[C@H](OC(C)=O)C(=O)O1. The molecule has 90 valence electrons. The van der Waals surface area contributed by atoms with E-state index in [0.717, 1.165) is 0 Å². The van der Waals surface area contributed by atoms with Crippen LogP contribution in [-0.4, -0.2) is 36.7 Å². The highest BCUT2D eigenvalue weighted by atomic mass is 16.6. The Labute approximate surface area is 92.8 Å². The van der Waals surface area contributed by atoms with Crippen LogP contribution in [0.2, 0.25) is 0 Å². The molecule has 0 saturated carbocycles. The molecule has 0 aromatic heterocycles. The van der Waals surface area contributed by atoms with Crippen LogP contribution in [0.1, 0.15) is 26.7 Å². The summed E-state index contributed by atoms with van der Waals surface area (Å²) in [5.74, 6) is -1.52. The maximum Gasteiger partial charge on any atom is 0.347 e. The van der Waals surface area contributed by atoms with Gasteiger partial charge < -0.3 is 14.2 Å². The first-order chi connectivity index (χ1) is 7.49. The predicted molar refractivity (Wildman–Crippen MR) is 51.3 cm³/mol. The first kappa shape index (κ1) is 12.5. The molecule has 16 heavy (non-hydrogen) atoms. The Morgan fingerprint density at radius 3 is 2.50 bits per heavy atom. The Hall–Kier alpha value is -1.59. The smallest absolute Gasteiger partial charge is 0.347 e. The first-order valence-electron chi connectivity index (χ1n) is 5.00. The van der Waals surface area contributed by atoms with Gasteiger partial charge >= 0.3 is 17.9 Å². The van der Waals surface area contributed by atoms with Gasteiger partial charge in [0.2, 0.25) is 0 Å². The van der Waals surface area contributed by atoms with E-state index in [2.05, 4.69) is 0 Å².